The normalized spacial score (nSPS) is 23.0. The van der Waals surface area contributed by atoms with Crippen LogP contribution in [0.15, 0.2) is 18.2 Å². The van der Waals surface area contributed by atoms with E-state index < -0.39 is 6.04 Å². The third kappa shape index (κ3) is 2.82. The molecule has 2 aliphatic rings. The van der Waals surface area contributed by atoms with E-state index in [-0.39, 0.29) is 23.9 Å². The van der Waals surface area contributed by atoms with Gasteiger partial charge in [0.15, 0.2) is 5.78 Å². The third-order valence-corrected chi connectivity index (χ3v) is 5.23. The highest BCUT2D eigenvalue weighted by Crippen LogP contribution is 2.34. The number of ketones is 2. The molecule has 2 atom stereocenters. The molecule has 1 aliphatic carbocycles. The number of rotatable bonds is 3. The van der Waals surface area contributed by atoms with Gasteiger partial charge < -0.3 is 4.90 Å². The molecule has 1 aromatic carbocycles. The fourth-order valence-electron chi connectivity index (χ4n) is 3.70. The summed E-state index contributed by atoms with van der Waals surface area (Å²) in [4.78, 5) is 38.5. The Morgan fingerprint density at radius 2 is 2.04 bits per heavy atom. The molecular weight excluding hydrogens is 290 g/mol. The van der Waals surface area contributed by atoms with E-state index in [1.807, 2.05) is 12.1 Å². The molecule has 0 aromatic heterocycles. The van der Waals surface area contributed by atoms with Gasteiger partial charge in [0, 0.05) is 18.5 Å². The van der Waals surface area contributed by atoms with Crippen molar-refractivity contribution in [3.63, 3.8) is 0 Å². The summed E-state index contributed by atoms with van der Waals surface area (Å²) in [6.07, 6.45) is 2.73. The van der Waals surface area contributed by atoms with Crippen LogP contribution in [0.1, 0.15) is 73.4 Å². The smallest absolute Gasteiger partial charge is 0.255 e. The monoisotopic (exact) mass is 313 g/mol. The van der Waals surface area contributed by atoms with Crippen LogP contribution in [0.5, 0.6) is 0 Å². The van der Waals surface area contributed by atoms with E-state index in [2.05, 4.69) is 19.9 Å². The van der Waals surface area contributed by atoms with E-state index in [9.17, 15) is 14.4 Å². The van der Waals surface area contributed by atoms with Crippen molar-refractivity contribution in [1.82, 2.24) is 4.90 Å². The fraction of sp³-hybridized carbons (Fsp3) is 0.526. The Morgan fingerprint density at radius 3 is 2.78 bits per heavy atom. The van der Waals surface area contributed by atoms with Crippen molar-refractivity contribution >= 4 is 17.5 Å². The Balaban J connectivity index is 1.91. The first-order valence-corrected chi connectivity index (χ1v) is 8.50. The molecule has 4 heteroatoms. The van der Waals surface area contributed by atoms with Gasteiger partial charge in [-0.25, -0.2) is 0 Å². The Bertz CT molecular complexity index is 665. The molecule has 0 bridgehead atoms. The minimum atomic E-state index is -0.439. The fourth-order valence-corrected chi connectivity index (χ4v) is 3.70. The highest BCUT2D eigenvalue weighted by atomic mass is 16.2. The van der Waals surface area contributed by atoms with Crippen molar-refractivity contribution in [3.05, 3.63) is 34.9 Å². The number of hydrogen-bond donors (Lipinski definition) is 0. The van der Waals surface area contributed by atoms with Crippen molar-refractivity contribution in [2.45, 2.75) is 64.5 Å². The Labute approximate surface area is 136 Å². The van der Waals surface area contributed by atoms with Crippen LogP contribution in [0.4, 0.5) is 0 Å². The number of carbonyl (C=O) groups is 3. The van der Waals surface area contributed by atoms with Crippen LogP contribution in [0.2, 0.25) is 0 Å². The van der Waals surface area contributed by atoms with Crippen LogP contribution in [0.3, 0.4) is 0 Å². The van der Waals surface area contributed by atoms with Crippen LogP contribution < -0.4 is 0 Å². The van der Waals surface area contributed by atoms with Crippen LogP contribution in [0, 0.1) is 0 Å². The van der Waals surface area contributed by atoms with Gasteiger partial charge in [-0.2, -0.15) is 0 Å². The summed E-state index contributed by atoms with van der Waals surface area (Å²) in [7, 11) is 0. The standard InChI is InChI=1S/C19H23NO3/c1-3-12(2)14-7-5-8-15-16(14)11-20(19(15)23)17-9-4-6-13(21)10-18(17)22/h5,7-8,12,17H,3-4,6,9-11H2,1-2H3/t12?,17-/m0/s1. The molecule has 1 aliphatic heterocycles. The zero-order valence-electron chi connectivity index (χ0n) is 13.8. The van der Waals surface area contributed by atoms with Gasteiger partial charge in [-0.05, 0) is 42.4 Å². The van der Waals surface area contributed by atoms with Crippen LogP contribution in [0.25, 0.3) is 0 Å². The van der Waals surface area contributed by atoms with E-state index in [1.165, 1.54) is 5.56 Å². The Morgan fingerprint density at radius 1 is 1.26 bits per heavy atom. The van der Waals surface area contributed by atoms with Crippen molar-refractivity contribution in [3.8, 4) is 0 Å². The number of hydrogen-bond acceptors (Lipinski definition) is 3. The maximum Gasteiger partial charge on any atom is 0.255 e. The summed E-state index contributed by atoms with van der Waals surface area (Å²) in [5.41, 5.74) is 3.00. The first-order valence-electron chi connectivity index (χ1n) is 8.50. The second-order valence-electron chi connectivity index (χ2n) is 6.71. The highest BCUT2D eigenvalue weighted by molar-refractivity contribution is 6.06. The number of fused-ring (bicyclic) bond motifs is 1. The lowest BCUT2D eigenvalue weighted by molar-refractivity contribution is -0.128. The van der Waals surface area contributed by atoms with E-state index in [1.54, 1.807) is 4.90 Å². The molecule has 1 saturated carbocycles. The lowest BCUT2D eigenvalue weighted by Crippen LogP contribution is -2.41. The second-order valence-corrected chi connectivity index (χ2v) is 6.71. The quantitative estimate of drug-likeness (QED) is 0.636. The SMILES string of the molecule is CCC(C)c1cccc2c1CN([C@H]1CCCC(=O)CC1=O)C2=O. The Kier molecular flexibility index (Phi) is 4.33. The molecule has 0 radical (unpaired) electrons. The number of Topliss-reactive ketones (excluding diaryl/α,β-unsaturated/α-hetero) is 2. The average Bonchev–Trinajstić information content (AvgIpc) is 2.77. The molecule has 1 aromatic rings. The predicted molar refractivity (Wildman–Crippen MR) is 87.3 cm³/mol. The van der Waals surface area contributed by atoms with Crippen molar-refractivity contribution in [2.75, 3.05) is 0 Å². The number of amides is 1. The number of carbonyl (C=O) groups excluding carboxylic acids is 3. The van der Waals surface area contributed by atoms with Crippen LogP contribution in [-0.4, -0.2) is 28.4 Å². The highest BCUT2D eigenvalue weighted by Gasteiger charge is 2.38. The minimum Gasteiger partial charge on any atom is -0.324 e. The van der Waals surface area contributed by atoms with Crippen LogP contribution >= 0.6 is 0 Å². The van der Waals surface area contributed by atoms with Gasteiger partial charge in [-0.3, -0.25) is 14.4 Å². The molecule has 1 amide bonds. The predicted octanol–water partition coefficient (Wildman–Crippen LogP) is 3.24. The first-order chi connectivity index (χ1) is 11.0. The molecule has 1 fully saturated rings. The van der Waals surface area contributed by atoms with Crippen molar-refractivity contribution in [2.24, 2.45) is 0 Å². The molecular formula is C19H23NO3. The largest absolute Gasteiger partial charge is 0.324 e. The number of benzene rings is 1. The second kappa shape index (κ2) is 6.26. The first kappa shape index (κ1) is 15.9. The molecule has 1 heterocycles. The molecule has 4 nitrogen and oxygen atoms in total. The summed E-state index contributed by atoms with van der Waals surface area (Å²) in [5, 5.41) is 0. The zero-order chi connectivity index (χ0) is 16.6. The molecule has 0 N–H and O–H groups in total. The summed E-state index contributed by atoms with van der Waals surface area (Å²) >= 11 is 0. The van der Waals surface area contributed by atoms with E-state index in [0.717, 1.165) is 17.5 Å². The van der Waals surface area contributed by atoms with E-state index in [4.69, 9.17) is 0 Å². The van der Waals surface area contributed by atoms with Gasteiger partial charge in [0.05, 0.1) is 12.5 Å². The van der Waals surface area contributed by atoms with Gasteiger partial charge in [0.25, 0.3) is 5.91 Å². The van der Waals surface area contributed by atoms with Gasteiger partial charge in [0.1, 0.15) is 5.78 Å². The minimum absolute atomic E-state index is 0.00181. The summed E-state index contributed by atoms with van der Waals surface area (Å²) in [6, 6.07) is 5.43. The summed E-state index contributed by atoms with van der Waals surface area (Å²) < 4.78 is 0. The van der Waals surface area contributed by atoms with Crippen molar-refractivity contribution < 1.29 is 14.4 Å². The zero-order valence-corrected chi connectivity index (χ0v) is 13.8. The molecule has 0 saturated heterocycles. The maximum atomic E-state index is 12.8. The molecule has 3 rings (SSSR count). The van der Waals surface area contributed by atoms with Gasteiger partial charge in [0.2, 0.25) is 0 Å². The summed E-state index contributed by atoms with van der Waals surface area (Å²) in [6.45, 7) is 4.80. The lowest BCUT2D eigenvalue weighted by atomic mass is 9.92. The van der Waals surface area contributed by atoms with Crippen molar-refractivity contribution in [1.29, 1.82) is 0 Å². The Hall–Kier alpha value is -1.97. The van der Waals surface area contributed by atoms with E-state index in [0.29, 0.717) is 31.7 Å². The van der Waals surface area contributed by atoms with Crippen LogP contribution in [-0.2, 0) is 16.1 Å². The summed E-state index contributed by atoms with van der Waals surface area (Å²) in [5.74, 6) is 0.239. The molecule has 23 heavy (non-hydrogen) atoms. The maximum absolute atomic E-state index is 12.8. The lowest BCUT2D eigenvalue weighted by Gasteiger charge is -2.25. The molecule has 0 spiro atoms. The molecule has 1 unspecified atom stereocenters. The van der Waals surface area contributed by atoms with E-state index >= 15 is 0 Å². The van der Waals surface area contributed by atoms with Gasteiger partial charge in [-0.15, -0.1) is 0 Å². The molecule has 122 valence electrons. The number of nitrogens with zero attached hydrogens (tertiary/aromatic N) is 1. The topological polar surface area (TPSA) is 54.5 Å². The van der Waals surface area contributed by atoms with Gasteiger partial charge in [-0.1, -0.05) is 26.0 Å². The average molecular weight is 313 g/mol. The third-order valence-electron chi connectivity index (χ3n) is 5.23. The van der Waals surface area contributed by atoms with Gasteiger partial charge >= 0.3 is 0 Å².